The van der Waals surface area contributed by atoms with Gasteiger partial charge in [-0.2, -0.15) is 0 Å². The Hall–Kier alpha value is -0.590. The molecule has 0 saturated carbocycles. The molecule has 92 valence electrons. The first-order valence-corrected chi connectivity index (χ1v) is 6.75. The maximum atomic E-state index is 11.1. The Morgan fingerprint density at radius 1 is 1.19 bits per heavy atom. The zero-order valence-electron chi connectivity index (χ0n) is 11.3. The van der Waals surface area contributed by atoms with Crippen LogP contribution in [0.5, 0.6) is 0 Å². The van der Waals surface area contributed by atoms with Crippen LogP contribution in [0.1, 0.15) is 59.8 Å². The summed E-state index contributed by atoms with van der Waals surface area (Å²) in [5.41, 5.74) is 1.38. The normalized spacial score (nSPS) is 21.8. The first-order chi connectivity index (χ1) is 7.52. The monoisotopic (exact) mass is 222 g/mol. The molecule has 0 radical (unpaired) electrons. The number of carbonyl (C=O) groups excluding carboxylic acids is 1. The van der Waals surface area contributed by atoms with E-state index in [9.17, 15) is 4.79 Å². The van der Waals surface area contributed by atoms with Crippen LogP contribution in [-0.2, 0) is 4.79 Å². The third kappa shape index (κ3) is 4.11. The van der Waals surface area contributed by atoms with Crippen LogP contribution >= 0.6 is 0 Å². The van der Waals surface area contributed by atoms with E-state index in [2.05, 4.69) is 27.7 Å². The minimum absolute atomic E-state index is 0.331. The minimum atomic E-state index is 0.331. The largest absolute Gasteiger partial charge is 0.295 e. The van der Waals surface area contributed by atoms with E-state index in [0.717, 1.165) is 37.0 Å². The zero-order chi connectivity index (χ0) is 12.1. The molecule has 0 heterocycles. The number of allylic oxidation sites excluding steroid dienone is 2. The van der Waals surface area contributed by atoms with Gasteiger partial charge in [-0.15, -0.1) is 0 Å². The Morgan fingerprint density at radius 3 is 2.38 bits per heavy atom. The maximum Gasteiger partial charge on any atom is 0.155 e. The summed E-state index contributed by atoms with van der Waals surface area (Å²) in [7, 11) is 0. The SMILES string of the molecule is CCC(C)C(C)CC(C)CC1=CC(=O)CC1. The van der Waals surface area contributed by atoms with Crippen molar-refractivity contribution in [2.24, 2.45) is 17.8 Å². The average molecular weight is 222 g/mol. The van der Waals surface area contributed by atoms with E-state index in [1.54, 1.807) is 0 Å². The number of carbonyl (C=O) groups is 1. The first kappa shape index (κ1) is 13.5. The Morgan fingerprint density at radius 2 is 1.88 bits per heavy atom. The van der Waals surface area contributed by atoms with Gasteiger partial charge in [0.25, 0.3) is 0 Å². The summed E-state index contributed by atoms with van der Waals surface area (Å²) in [6, 6.07) is 0. The van der Waals surface area contributed by atoms with Crippen molar-refractivity contribution >= 4 is 5.78 Å². The third-order valence-corrected chi connectivity index (χ3v) is 4.06. The van der Waals surface area contributed by atoms with E-state index in [0.29, 0.717) is 5.78 Å². The Labute approximate surface area is 100 Å². The molecule has 0 saturated heterocycles. The molecule has 1 heteroatoms. The van der Waals surface area contributed by atoms with Crippen LogP contribution in [0.4, 0.5) is 0 Å². The van der Waals surface area contributed by atoms with Crippen LogP contribution in [0, 0.1) is 17.8 Å². The van der Waals surface area contributed by atoms with E-state index in [-0.39, 0.29) is 0 Å². The molecule has 0 aliphatic heterocycles. The molecule has 3 atom stereocenters. The van der Waals surface area contributed by atoms with Crippen molar-refractivity contribution < 1.29 is 4.79 Å². The van der Waals surface area contributed by atoms with Gasteiger partial charge in [0.2, 0.25) is 0 Å². The average Bonchev–Trinajstić information content (AvgIpc) is 2.62. The quantitative estimate of drug-likeness (QED) is 0.652. The van der Waals surface area contributed by atoms with Gasteiger partial charge in [-0.05, 0) is 43.1 Å². The molecule has 16 heavy (non-hydrogen) atoms. The van der Waals surface area contributed by atoms with Crippen molar-refractivity contribution in [1.82, 2.24) is 0 Å². The Kier molecular flexibility index (Phi) is 5.24. The Balaban J connectivity index is 2.33. The number of ketones is 1. The highest BCUT2D eigenvalue weighted by atomic mass is 16.1. The number of hydrogen-bond acceptors (Lipinski definition) is 1. The molecule has 0 N–H and O–H groups in total. The van der Waals surface area contributed by atoms with Gasteiger partial charge >= 0.3 is 0 Å². The van der Waals surface area contributed by atoms with Gasteiger partial charge in [-0.25, -0.2) is 0 Å². The molecule has 1 aliphatic carbocycles. The van der Waals surface area contributed by atoms with Crippen LogP contribution in [0.25, 0.3) is 0 Å². The second-order valence-corrected chi connectivity index (χ2v) is 5.68. The minimum Gasteiger partial charge on any atom is -0.295 e. The highest BCUT2D eigenvalue weighted by Crippen LogP contribution is 2.28. The standard InChI is InChI=1S/C15H26O/c1-5-12(3)13(4)8-11(2)9-14-6-7-15(16)10-14/h10-13H,5-9H2,1-4H3. The lowest BCUT2D eigenvalue weighted by atomic mass is 9.84. The van der Waals surface area contributed by atoms with Crippen molar-refractivity contribution in [3.05, 3.63) is 11.6 Å². The van der Waals surface area contributed by atoms with E-state index in [1.807, 2.05) is 6.08 Å². The van der Waals surface area contributed by atoms with E-state index in [1.165, 1.54) is 18.4 Å². The highest BCUT2D eigenvalue weighted by Gasteiger charge is 2.18. The summed E-state index contributed by atoms with van der Waals surface area (Å²) >= 11 is 0. The van der Waals surface area contributed by atoms with Gasteiger partial charge in [-0.1, -0.05) is 39.7 Å². The van der Waals surface area contributed by atoms with Gasteiger partial charge in [0.1, 0.15) is 0 Å². The third-order valence-electron chi connectivity index (χ3n) is 4.06. The van der Waals surface area contributed by atoms with Crippen molar-refractivity contribution in [3.8, 4) is 0 Å². The summed E-state index contributed by atoms with van der Waals surface area (Å²) in [5.74, 6) is 2.68. The van der Waals surface area contributed by atoms with Crippen LogP contribution < -0.4 is 0 Å². The first-order valence-electron chi connectivity index (χ1n) is 6.75. The lowest BCUT2D eigenvalue weighted by Crippen LogP contribution is -2.11. The van der Waals surface area contributed by atoms with Crippen LogP contribution in [0.3, 0.4) is 0 Å². The van der Waals surface area contributed by atoms with Gasteiger partial charge in [0, 0.05) is 6.42 Å². The number of hydrogen-bond donors (Lipinski definition) is 0. The van der Waals surface area contributed by atoms with Crippen LogP contribution in [-0.4, -0.2) is 5.78 Å². The molecular formula is C15H26O. The van der Waals surface area contributed by atoms with E-state index < -0.39 is 0 Å². The molecular weight excluding hydrogens is 196 g/mol. The molecule has 0 amide bonds. The zero-order valence-corrected chi connectivity index (χ0v) is 11.3. The lowest BCUT2D eigenvalue weighted by molar-refractivity contribution is -0.114. The Bertz CT molecular complexity index is 265. The van der Waals surface area contributed by atoms with Crippen molar-refractivity contribution in [2.45, 2.75) is 59.8 Å². The molecule has 1 nitrogen and oxygen atoms in total. The predicted molar refractivity (Wildman–Crippen MR) is 69.3 cm³/mol. The molecule has 0 aromatic carbocycles. The molecule has 0 aromatic heterocycles. The van der Waals surface area contributed by atoms with Crippen LogP contribution in [0.15, 0.2) is 11.6 Å². The molecule has 0 fully saturated rings. The summed E-state index contributed by atoms with van der Waals surface area (Å²) < 4.78 is 0. The topological polar surface area (TPSA) is 17.1 Å². The molecule has 0 aromatic rings. The fourth-order valence-electron chi connectivity index (χ4n) is 2.62. The summed E-state index contributed by atoms with van der Waals surface area (Å²) in [6.45, 7) is 9.29. The lowest BCUT2D eigenvalue weighted by Gasteiger charge is -2.22. The van der Waals surface area contributed by atoms with Gasteiger partial charge in [0.15, 0.2) is 5.78 Å². The fourth-order valence-corrected chi connectivity index (χ4v) is 2.62. The predicted octanol–water partition coefficient (Wildman–Crippen LogP) is 4.37. The van der Waals surface area contributed by atoms with Gasteiger partial charge < -0.3 is 0 Å². The van der Waals surface area contributed by atoms with Crippen molar-refractivity contribution in [2.75, 3.05) is 0 Å². The van der Waals surface area contributed by atoms with Crippen LogP contribution in [0.2, 0.25) is 0 Å². The summed E-state index contributed by atoms with van der Waals surface area (Å²) in [4.78, 5) is 11.1. The summed E-state index contributed by atoms with van der Waals surface area (Å²) in [5, 5.41) is 0. The fraction of sp³-hybridized carbons (Fsp3) is 0.800. The second-order valence-electron chi connectivity index (χ2n) is 5.68. The van der Waals surface area contributed by atoms with Crippen molar-refractivity contribution in [3.63, 3.8) is 0 Å². The summed E-state index contributed by atoms with van der Waals surface area (Å²) in [6.07, 6.45) is 7.34. The highest BCUT2D eigenvalue weighted by molar-refractivity contribution is 5.92. The molecule has 1 rings (SSSR count). The van der Waals surface area contributed by atoms with E-state index in [4.69, 9.17) is 0 Å². The number of rotatable bonds is 6. The van der Waals surface area contributed by atoms with Gasteiger partial charge in [0.05, 0.1) is 0 Å². The second kappa shape index (κ2) is 6.22. The molecule has 3 unspecified atom stereocenters. The molecule has 0 spiro atoms. The van der Waals surface area contributed by atoms with Gasteiger partial charge in [-0.3, -0.25) is 4.79 Å². The van der Waals surface area contributed by atoms with E-state index >= 15 is 0 Å². The van der Waals surface area contributed by atoms with Crippen molar-refractivity contribution in [1.29, 1.82) is 0 Å². The maximum absolute atomic E-state index is 11.1. The smallest absolute Gasteiger partial charge is 0.155 e. The molecule has 0 bridgehead atoms. The molecule has 1 aliphatic rings.